The molecule has 0 saturated heterocycles. The highest BCUT2D eigenvalue weighted by Gasteiger charge is 2.14. The van der Waals surface area contributed by atoms with Gasteiger partial charge >= 0.3 is 5.97 Å². The lowest BCUT2D eigenvalue weighted by Gasteiger charge is -2.00. The Balaban J connectivity index is 2.06. The van der Waals surface area contributed by atoms with E-state index in [0.717, 1.165) is 5.56 Å². The van der Waals surface area contributed by atoms with Gasteiger partial charge in [0.2, 0.25) is 5.89 Å². The maximum Gasteiger partial charge on any atom is 0.308 e. The number of oxazole rings is 1. The van der Waals surface area contributed by atoms with Gasteiger partial charge in [0.15, 0.2) is 5.58 Å². The minimum absolute atomic E-state index is 0.165. The van der Waals surface area contributed by atoms with Crippen molar-refractivity contribution in [3.8, 4) is 0 Å². The van der Waals surface area contributed by atoms with Crippen molar-refractivity contribution >= 4 is 28.7 Å². The summed E-state index contributed by atoms with van der Waals surface area (Å²) >= 11 is 0. The maximum atomic E-state index is 11.1. The van der Waals surface area contributed by atoms with Gasteiger partial charge in [0.1, 0.15) is 5.52 Å². The minimum Gasteiger partial charge on any atom is -0.481 e. The number of carboxylic acid groups (broad SMARTS) is 1. The molecule has 0 bridgehead atoms. The molecule has 2 heterocycles. The number of nitrogens with zero attached hydrogens (tertiary/aromatic N) is 2. The summed E-state index contributed by atoms with van der Waals surface area (Å²) in [6, 6.07) is 11.0. The molecular formula is C16H12N2O3. The van der Waals surface area contributed by atoms with Crippen molar-refractivity contribution in [2.45, 2.75) is 6.42 Å². The first-order valence-corrected chi connectivity index (χ1v) is 6.41. The molecule has 0 amide bonds. The van der Waals surface area contributed by atoms with E-state index >= 15 is 0 Å². The molecule has 21 heavy (non-hydrogen) atoms. The number of fused-ring (bicyclic) bond motifs is 1. The Morgan fingerprint density at radius 2 is 2.10 bits per heavy atom. The van der Waals surface area contributed by atoms with Gasteiger partial charge in [0, 0.05) is 18.0 Å². The Bertz CT molecular complexity index is 774. The van der Waals surface area contributed by atoms with Gasteiger partial charge in [-0.3, -0.25) is 9.78 Å². The summed E-state index contributed by atoms with van der Waals surface area (Å²) in [5.41, 5.74) is 2.65. The van der Waals surface area contributed by atoms with Crippen molar-refractivity contribution in [3.63, 3.8) is 0 Å². The fourth-order valence-electron chi connectivity index (χ4n) is 2.02. The largest absolute Gasteiger partial charge is 0.481 e. The zero-order chi connectivity index (χ0) is 14.7. The molecule has 0 atom stereocenters. The second-order valence-electron chi connectivity index (χ2n) is 4.51. The second kappa shape index (κ2) is 5.58. The van der Waals surface area contributed by atoms with E-state index in [2.05, 4.69) is 9.97 Å². The van der Waals surface area contributed by atoms with Crippen molar-refractivity contribution in [1.82, 2.24) is 9.97 Å². The number of benzene rings is 1. The fraction of sp³-hybridized carbons (Fsp3) is 0.0625. The van der Waals surface area contributed by atoms with Crippen molar-refractivity contribution in [2.75, 3.05) is 0 Å². The van der Waals surface area contributed by atoms with Gasteiger partial charge in [-0.2, -0.15) is 0 Å². The Kier molecular flexibility index (Phi) is 3.47. The molecule has 5 heteroatoms. The Morgan fingerprint density at radius 1 is 1.24 bits per heavy atom. The van der Waals surface area contributed by atoms with Gasteiger partial charge in [-0.1, -0.05) is 18.2 Å². The highest BCUT2D eigenvalue weighted by Crippen LogP contribution is 2.25. The fourth-order valence-corrected chi connectivity index (χ4v) is 2.02. The van der Waals surface area contributed by atoms with Crippen LogP contribution in [0.3, 0.4) is 0 Å². The predicted octanol–water partition coefficient (Wildman–Crippen LogP) is 3.24. The van der Waals surface area contributed by atoms with Crippen LogP contribution in [0.1, 0.15) is 17.9 Å². The average Bonchev–Trinajstić information content (AvgIpc) is 2.91. The van der Waals surface area contributed by atoms with Gasteiger partial charge in [-0.15, -0.1) is 0 Å². The van der Waals surface area contributed by atoms with E-state index in [4.69, 9.17) is 9.52 Å². The van der Waals surface area contributed by atoms with Crippen LogP contribution in [-0.2, 0) is 4.79 Å². The number of carbonyl (C=O) groups is 1. The van der Waals surface area contributed by atoms with E-state index in [-0.39, 0.29) is 6.42 Å². The lowest BCUT2D eigenvalue weighted by Crippen LogP contribution is -1.97. The third-order valence-electron chi connectivity index (χ3n) is 2.94. The summed E-state index contributed by atoms with van der Waals surface area (Å²) in [6.45, 7) is 0. The third-order valence-corrected chi connectivity index (χ3v) is 2.94. The first-order valence-electron chi connectivity index (χ1n) is 6.41. The lowest BCUT2D eigenvalue weighted by atomic mass is 10.1. The van der Waals surface area contributed by atoms with Crippen LogP contribution in [0.15, 0.2) is 53.2 Å². The average molecular weight is 280 g/mol. The Labute approximate surface area is 120 Å². The number of hydrogen-bond acceptors (Lipinski definition) is 4. The number of pyridine rings is 1. The Hall–Kier alpha value is -2.95. The van der Waals surface area contributed by atoms with Crippen LogP contribution in [0, 0.1) is 0 Å². The van der Waals surface area contributed by atoms with Gasteiger partial charge in [-0.25, -0.2) is 4.98 Å². The lowest BCUT2D eigenvalue weighted by molar-refractivity contribution is -0.135. The minimum atomic E-state index is -0.938. The maximum absolute atomic E-state index is 11.1. The van der Waals surface area contributed by atoms with Crippen LogP contribution >= 0.6 is 0 Å². The van der Waals surface area contributed by atoms with E-state index in [9.17, 15) is 4.79 Å². The molecule has 0 spiro atoms. The molecule has 1 aromatic carbocycles. The van der Waals surface area contributed by atoms with Crippen LogP contribution in [0.2, 0.25) is 0 Å². The van der Waals surface area contributed by atoms with Crippen LogP contribution in [-0.4, -0.2) is 21.0 Å². The summed E-state index contributed by atoms with van der Waals surface area (Å²) in [5, 5.41) is 9.07. The summed E-state index contributed by atoms with van der Waals surface area (Å²) in [4.78, 5) is 19.4. The number of aromatic nitrogens is 2. The summed E-state index contributed by atoms with van der Waals surface area (Å²) in [6.07, 6.45) is 4.88. The molecule has 5 nitrogen and oxygen atoms in total. The van der Waals surface area contributed by atoms with Crippen molar-refractivity contribution < 1.29 is 14.3 Å². The quantitative estimate of drug-likeness (QED) is 0.794. The highest BCUT2D eigenvalue weighted by atomic mass is 16.4. The van der Waals surface area contributed by atoms with E-state index < -0.39 is 5.97 Å². The standard InChI is InChI=1S/C16H12N2O3/c19-15(20)9-12(8-11-4-3-7-17-10-11)16-18-13-5-1-2-6-14(13)21-16/h1-8,10H,9H2,(H,19,20)/b12-8-. The molecular weight excluding hydrogens is 268 g/mol. The molecule has 0 aliphatic heterocycles. The van der Waals surface area contributed by atoms with Gasteiger partial charge < -0.3 is 9.52 Å². The molecule has 0 aliphatic carbocycles. The first-order chi connectivity index (χ1) is 10.2. The number of para-hydroxylation sites is 2. The molecule has 0 radical (unpaired) electrons. The van der Waals surface area contributed by atoms with Crippen LogP contribution in [0.25, 0.3) is 22.7 Å². The first kappa shape index (κ1) is 13.1. The van der Waals surface area contributed by atoms with E-state index in [1.165, 1.54) is 0 Å². The predicted molar refractivity (Wildman–Crippen MR) is 78.4 cm³/mol. The molecule has 0 fully saturated rings. The van der Waals surface area contributed by atoms with E-state index in [1.807, 2.05) is 24.3 Å². The summed E-state index contributed by atoms with van der Waals surface area (Å²) < 4.78 is 5.64. The van der Waals surface area contributed by atoms with Crippen LogP contribution < -0.4 is 0 Å². The zero-order valence-corrected chi connectivity index (χ0v) is 11.1. The van der Waals surface area contributed by atoms with Crippen molar-refractivity contribution in [2.24, 2.45) is 0 Å². The van der Waals surface area contributed by atoms with Gasteiger partial charge in [0.25, 0.3) is 0 Å². The van der Waals surface area contributed by atoms with Gasteiger partial charge in [-0.05, 0) is 29.8 Å². The van der Waals surface area contributed by atoms with Gasteiger partial charge in [0.05, 0.1) is 6.42 Å². The molecule has 3 aromatic rings. The molecule has 0 aliphatic rings. The number of hydrogen-bond donors (Lipinski definition) is 1. The van der Waals surface area contributed by atoms with Crippen LogP contribution in [0.5, 0.6) is 0 Å². The molecule has 0 unspecified atom stereocenters. The number of rotatable bonds is 4. The van der Waals surface area contributed by atoms with Crippen LogP contribution in [0.4, 0.5) is 0 Å². The normalized spacial score (nSPS) is 11.7. The molecule has 2 aromatic heterocycles. The number of carboxylic acids is 1. The monoisotopic (exact) mass is 280 g/mol. The number of aliphatic carboxylic acids is 1. The summed E-state index contributed by atoms with van der Waals surface area (Å²) in [5.74, 6) is -0.616. The van der Waals surface area contributed by atoms with Crippen molar-refractivity contribution in [1.29, 1.82) is 0 Å². The zero-order valence-electron chi connectivity index (χ0n) is 11.1. The summed E-state index contributed by atoms with van der Waals surface area (Å²) in [7, 11) is 0. The molecule has 0 saturated carbocycles. The second-order valence-corrected chi connectivity index (χ2v) is 4.51. The van der Waals surface area contributed by atoms with E-state index in [0.29, 0.717) is 22.6 Å². The SMILES string of the molecule is O=C(O)C/C(=C/c1cccnc1)c1nc2ccccc2o1. The topological polar surface area (TPSA) is 76.2 Å². The molecule has 104 valence electrons. The third kappa shape index (κ3) is 2.97. The van der Waals surface area contributed by atoms with Crippen molar-refractivity contribution in [3.05, 3.63) is 60.2 Å². The van der Waals surface area contributed by atoms with E-state index in [1.54, 1.807) is 30.6 Å². The molecule has 3 rings (SSSR count). The Morgan fingerprint density at radius 3 is 2.81 bits per heavy atom. The smallest absolute Gasteiger partial charge is 0.308 e. The highest BCUT2D eigenvalue weighted by molar-refractivity contribution is 5.90. The molecule has 1 N–H and O–H groups in total.